The fraction of sp³-hybridized carbons (Fsp3) is 0.476. The van der Waals surface area contributed by atoms with Crippen molar-refractivity contribution in [3.8, 4) is 5.75 Å². The Labute approximate surface area is 170 Å². The molecule has 3 N–H and O–H groups in total. The molecule has 1 aliphatic heterocycles. The number of hydrogen-bond donors (Lipinski definition) is 3. The summed E-state index contributed by atoms with van der Waals surface area (Å²) in [5.41, 5.74) is 0. The summed E-state index contributed by atoms with van der Waals surface area (Å²) in [5.74, 6) is -0.317. The maximum Gasteiger partial charge on any atom is 0.303 e. The Morgan fingerprint density at radius 3 is 2.96 bits per heavy atom. The van der Waals surface area contributed by atoms with Crippen LogP contribution in [-0.4, -0.2) is 52.8 Å². The lowest BCUT2D eigenvalue weighted by Crippen LogP contribution is -2.23. The molecule has 1 saturated heterocycles. The van der Waals surface area contributed by atoms with E-state index in [1.165, 1.54) is 0 Å². The molecule has 0 saturated carbocycles. The zero-order valence-corrected chi connectivity index (χ0v) is 16.4. The molecule has 0 bridgehead atoms. The second-order valence-electron chi connectivity index (χ2n) is 6.74. The smallest absolute Gasteiger partial charge is 0.303 e. The van der Waals surface area contributed by atoms with Gasteiger partial charge in [0.2, 0.25) is 0 Å². The second kappa shape index (κ2) is 11.9. The Bertz CT molecular complexity index is 675. The molecule has 1 heterocycles. The molecule has 4 atom stereocenters. The van der Waals surface area contributed by atoms with Gasteiger partial charge in [-0.2, -0.15) is 0 Å². The molecule has 1 fully saturated rings. The van der Waals surface area contributed by atoms with Gasteiger partial charge in [0.1, 0.15) is 18.5 Å². The molecule has 0 aliphatic carbocycles. The summed E-state index contributed by atoms with van der Waals surface area (Å²) >= 11 is 5.89. The average Bonchev–Trinajstić information content (AvgIpc) is 3.01. The van der Waals surface area contributed by atoms with E-state index >= 15 is 0 Å². The van der Waals surface area contributed by atoms with Gasteiger partial charge in [0, 0.05) is 17.4 Å². The SMILES string of the molecule is O=C(O)CCCC=CC[C@H]1C(O)CO[C@@H]1C=CC(O)COc1cccc(Cl)c1. The first-order valence-electron chi connectivity index (χ1n) is 9.37. The van der Waals surface area contributed by atoms with E-state index in [9.17, 15) is 15.0 Å². The molecule has 1 aromatic rings. The normalized spacial score (nSPS) is 23.5. The van der Waals surface area contributed by atoms with E-state index in [-0.39, 0.29) is 31.7 Å². The second-order valence-corrected chi connectivity index (χ2v) is 7.18. The average molecular weight is 411 g/mol. The number of carboxylic acids is 1. The van der Waals surface area contributed by atoms with Crippen LogP contribution in [0.3, 0.4) is 0 Å². The van der Waals surface area contributed by atoms with Gasteiger partial charge in [-0.25, -0.2) is 0 Å². The van der Waals surface area contributed by atoms with E-state index in [2.05, 4.69) is 0 Å². The number of aliphatic hydroxyl groups excluding tert-OH is 2. The number of aliphatic hydroxyl groups is 2. The Balaban J connectivity index is 1.76. The molecule has 0 aromatic heterocycles. The Hall–Kier alpha value is -1.86. The highest BCUT2D eigenvalue weighted by atomic mass is 35.5. The lowest BCUT2D eigenvalue weighted by Gasteiger charge is -2.16. The summed E-state index contributed by atoms with van der Waals surface area (Å²) in [6, 6.07) is 6.95. The maximum absolute atomic E-state index is 10.5. The minimum atomic E-state index is -0.812. The summed E-state index contributed by atoms with van der Waals surface area (Å²) in [4.78, 5) is 10.5. The quantitative estimate of drug-likeness (QED) is 0.383. The molecule has 7 heteroatoms. The van der Waals surface area contributed by atoms with Gasteiger partial charge < -0.3 is 24.8 Å². The van der Waals surface area contributed by atoms with Crippen LogP contribution in [0.5, 0.6) is 5.75 Å². The van der Waals surface area contributed by atoms with Crippen molar-refractivity contribution in [2.45, 2.75) is 44.0 Å². The van der Waals surface area contributed by atoms with Crippen LogP contribution in [0, 0.1) is 5.92 Å². The minimum absolute atomic E-state index is 0.0836. The third-order valence-electron chi connectivity index (χ3n) is 4.45. The molecule has 1 aromatic carbocycles. The predicted octanol–water partition coefficient (Wildman–Crippen LogP) is 3.21. The van der Waals surface area contributed by atoms with Crippen LogP contribution in [0.25, 0.3) is 0 Å². The molecule has 2 unspecified atom stereocenters. The lowest BCUT2D eigenvalue weighted by molar-refractivity contribution is -0.137. The van der Waals surface area contributed by atoms with Crippen LogP contribution in [0.1, 0.15) is 25.7 Å². The molecule has 0 amide bonds. The molecule has 1 aliphatic rings. The van der Waals surface area contributed by atoms with Gasteiger partial charge in [-0.1, -0.05) is 42.0 Å². The standard InChI is InChI=1S/C21H27ClO6/c22-15-6-5-7-17(12-15)27-13-16(23)10-11-20-18(19(24)14-28-20)8-3-1-2-4-9-21(25)26/h1,3,5-7,10-12,16,18-20,23-24H,2,4,8-9,13-14H2,(H,25,26)/t16?,18-,19?,20+/m0/s1. The van der Waals surface area contributed by atoms with E-state index in [0.717, 1.165) is 0 Å². The molecule has 0 spiro atoms. The van der Waals surface area contributed by atoms with Crippen LogP contribution in [0.15, 0.2) is 48.6 Å². The monoisotopic (exact) mass is 410 g/mol. The fourth-order valence-electron chi connectivity index (χ4n) is 2.94. The lowest BCUT2D eigenvalue weighted by atomic mass is 9.94. The highest BCUT2D eigenvalue weighted by Gasteiger charge is 2.33. The first kappa shape index (κ1) is 22.4. The number of ether oxygens (including phenoxy) is 2. The third-order valence-corrected chi connectivity index (χ3v) is 4.69. The van der Waals surface area contributed by atoms with Crippen LogP contribution in [0.4, 0.5) is 0 Å². The molecule has 28 heavy (non-hydrogen) atoms. The predicted molar refractivity (Wildman–Crippen MR) is 107 cm³/mol. The summed E-state index contributed by atoms with van der Waals surface area (Å²) in [6.45, 7) is 0.335. The van der Waals surface area contributed by atoms with Crippen molar-refractivity contribution in [2.75, 3.05) is 13.2 Å². The number of aliphatic carboxylic acids is 1. The van der Waals surface area contributed by atoms with Crippen molar-refractivity contribution in [3.63, 3.8) is 0 Å². The van der Waals surface area contributed by atoms with Crippen LogP contribution in [0.2, 0.25) is 5.02 Å². The Kier molecular flexibility index (Phi) is 9.50. The number of benzene rings is 1. The number of carboxylic acid groups (broad SMARTS) is 1. The Morgan fingerprint density at radius 1 is 1.39 bits per heavy atom. The van der Waals surface area contributed by atoms with E-state index < -0.39 is 18.2 Å². The first-order chi connectivity index (χ1) is 13.5. The number of unbranched alkanes of at least 4 members (excludes halogenated alkanes) is 1. The van der Waals surface area contributed by atoms with Gasteiger partial charge in [-0.3, -0.25) is 4.79 Å². The van der Waals surface area contributed by atoms with Crippen molar-refractivity contribution in [3.05, 3.63) is 53.6 Å². The van der Waals surface area contributed by atoms with Gasteiger partial charge >= 0.3 is 5.97 Å². The van der Waals surface area contributed by atoms with Gasteiger partial charge in [-0.15, -0.1) is 0 Å². The molecule has 154 valence electrons. The zero-order valence-electron chi connectivity index (χ0n) is 15.6. The van der Waals surface area contributed by atoms with E-state index in [1.54, 1.807) is 36.4 Å². The number of rotatable bonds is 11. The molecule has 2 rings (SSSR count). The first-order valence-corrected chi connectivity index (χ1v) is 9.74. The Morgan fingerprint density at radius 2 is 2.21 bits per heavy atom. The van der Waals surface area contributed by atoms with Crippen molar-refractivity contribution < 1.29 is 29.6 Å². The van der Waals surface area contributed by atoms with Gasteiger partial charge in [-0.05, 0) is 37.5 Å². The van der Waals surface area contributed by atoms with Crippen molar-refractivity contribution in [1.29, 1.82) is 0 Å². The molecule has 0 radical (unpaired) electrons. The van der Waals surface area contributed by atoms with Crippen LogP contribution in [-0.2, 0) is 9.53 Å². The number of halogens is 1. The van der Waals surface area contributed by atoms with E-state index in [0.29, 0.717) is 30.0 Å². The number of allylic oxidation sites excluding steroid dienone is 2. The van der Waals surface area contributed by atoms with E-state index in [1.807, 2.05) is 12.2 Å². The third kappa shape index (κ3) is 8.02. The zero-order chi connectivity index (χ0) is 20.4. The highest BCUT2D eigenvalue weighted by Crippen LogP contribution is 2.26. The van der Waals surface area contributed by atoms with E-state index in [4.69, 9.17) is 26.2 Å². The summed E-state index contributed by atoms with van der Waals surface area (Å²) in [7, 11) is 0. The number of carbonyl (C=O) groups is 1. The van der Waals surface area contributed by atoms with Crippen molar-refractivity contribution in [1.82, 2.24) is 0 Å². The summed E-state index contributed by atoms with van der Waals surface area (Å²) in [5, 5.41) is 29.4. The highest BCUT2D eigenvalue weighted by molar-refractivity contribution is 6.30. The maximum atomic E-state index is 10.5. The van der Waals surface area contributed by atoms with Crippen molar-refractivity contribution >= 4 is 17.6 Å². The topological polar surface area (TPSA) is 96.2 Å². The van der Waals surface area contributed by atoms with Gasteiger partial charge in [0.15, 0.2) is 0 Å². The molecule has 6 nitrogen and oxygen atoms in total. The molecular weight excluding hydrogens is 384 g/mol. The number of hydrogen-bond acceptors (Lipinski definition) is 5. The van der Waals surface area contributed by atoms with Crippen LogP contribution < -0.4 is 4.74 Å². The molecular formula is C21H27ClO6. The summed E-state index contributed by atoms with van der Waals surface area (Å²) < 4.78 is 11.1. The van der Waals surface area contributed by atoms with Crippen LogP contribution >= 0.6 is 11.6 Å². The largest absolute Gasteiger partial charge is 0.491 e. The fourth-order valence-corrected chi connectivity index (χ4v) is 3.12. The minimum Gasteiger partial charge on any atom is -0.491 e. The summed E-state index contributed by atoms with van der Waals surface area (Å²) in [6.07, 6.45) is 7.63. The van der Waals surface area contributed by atoms with Gasteiger partial charge in [0.25, 0.3) is 0 Å². The van der Waals surface area contributed by atoms with Gasteiger partial charge in [0.05, 0.1) is 18.8 Å². The van der Waals surface area contributed by atoms with Crippen molar-refractivity contribution in [2.24, 2.45) is 5.92 Å².